The van der Waals surface area contributed by atoms with E-state index in [4.69, 9.17) is 4.74 Å². The van der Waals surface area contributed by atoms with Crippen LogP contribution in [-0.2, 0) is 0 Å². The largest absolute Gasteiger partial charge is 0.464 e. The molecule has 2 N–H and O–H groups in total. The number of nitrogens with zero attached hydrogens (tertiary/aromatic N) is 3. The van der Waals surface area contributed by atoms with Crippen LogP contribution >= 0.6 is 15.9 Å². The number of aromatic nitrogens is 3. The van der Waals surface area contributed by atoms with Crippen LogP contribution in [0.4, 0.5) is 22.0 Å². The van der Waals surface area contributed by atoms with Crippen molar-refractivity contribution >= 4 is 33.5 Å². The number of anilines is 3. The molecule has 0 spiro atoms. The van der Waals surface area contributed by atoms with E-state index in [0.717, 1.165) is 0 Å². The highest BCUT2D eigenvalue weighted by Crippen LogP contribution is 2.22. The Morgan fingerprint density at radius 1 is 1.25 bits per heavy atom. The first kappa shape index (κ1) is 14.4. The molecule has 0 aliphatic heterocycles. The molecular formula is C12H13BrFN5O. The van der Waals surface area contributed by atoms with E-state index in [1.807, 2.05) is 6.92 Å². The van der Waals surface area contributed by atoms with Crippen LogP contribution in [0.3, 0.4) is 0 Å². The van der Waals surface area contributed by atoms with Crippen LogP contribution in [0.15, 0.2) is 22.7 Å². The van der Waals surface area contributed by atoms with Gasteiger partial charge in [0.15, 0.2) is 0 Å². The number of halogens is 2. The molecule has 0 amide bonds. The first-order valence-electron chi connectivity index (χ1n) is 5.91. The summed E-state index contributed by atoms with van der Waals surface area (Å²) in [6.45, 7) is 2.28. The summed E-state index contributed by atoms with van der Waals surface area (Å²) in [4.78, 5) is 12.2. The molecule has 0 unspecified atom stereocenters. The van der Waals surface area contributed by atoms with Gasteiger partial charge in [-0.2, -0.15) is 15.0 Å². The van der Waals surface area contributed by atoms with Crippen LogP contribution in [0, 0.1) is 5.82 Å². The molecule has 106 valence electrons. The standard InChI is InChI=1S/C12H13BrFN5O/c1-3-20-12-18-10(15-2)17-11(19-12)16-7-4-5-8(13)9(14)6-7/h4-6H,3H2,1-2H3,(H2,15,16,17,18,19). The highest BCUT2D eigenvalue weighted by molar-refractivity contribution is 9.10. The first-order valence-corrected chi connectivity index (χ1v) is 6.70. The quantitative estimate of drug-likeness (QED) is 0.871. The highest BCUT2D eigenvalue weighted by atomic mass is 79.9. The summed E-state index contributed by atoms with van der Waals surface area (Å²) < 4.78 is 19.1. The Hall–Kier alpha value is -1.96. The molecule has 0 fully saturated rings. The van der Waals surface area contributed by atoms with Gasteiger partial charge in [0.2, 0.25) is 11.9 Å². The minimum Gasteiger partial charge on any atom is -0.464 e. The van der Waals surface area contributed by atoms with Crippen LogP contribution < -0.4 is 15.4 Å². The van der Waals surface area contributed by atoms with E-state index >= 15 is 0 Å². The minimum absolute atomic E-state index is 0.201. The van der Waals surface area contributed by atoms with Crippen molar-refractivity contribution in [2.45, 2.75) is 6.92 Å². The normalized spacial score (nSPS) is 10.2. The Kier molecular flexibility index (Phi) is 4.67. The number of rotatable bonds is 5. The molecule has 1 aromatic carbocycles. The van der Waals surface area contributed by atoms with Gasteiger partial charge in [-0.3, -0.25) is 0 Å². The van der Waals surface area contributed by atoms with Gasteiger partial charge in [0, 0.05) is 12.7 Å². The van der Waals surface area contributed by atoms with E-state index in [1.54, 1.807) is 19.2 Å². The van der Waals surface area contributed by atoms with Crippen molar-refractivity contribution < 1.29 is 9.13 Å². The lowest BCUT2D eigenvalue weighted by Crippen LogP contribution is -2.07. The van der Waals surface area contributed by atoms with Gasteiger partial charge >= 0.3 is 6.01 Å². The molecule has 0 saturated carbocycles. The van der Waals surface area contributed by atoms with Crippen molar-refractivity contribution in [1.82, 2.24) is 15.0 Å². The van der Waals surface area contributed by atoms with Crippen molar-refractivity contribution in [3.63, 3.8) is 0 Å². The van der Waals surface area contributed by atoms with Gasteiger partial charge in [0.25, 0.3) is 0 Å². The summed E-state index contributed by atoms with van der Waals surface area (Å²) >= 11 is 3.10. The zero-order valence-corrected chi connectivity index (χ0v) is 12.5. The lowest BCUT2D eigenvalue weighted by atomic mass is 10.3. The van der Waals surface area contributed by atoms with Gasteiger partial charge in [-0.15, -0.1) is 0 Å². The predicted octanol–water partition coefficient (Wildman–Crippen LogP) is 2.96. The average molecular weight is 342 g/mol. The molecule has 0 atom stereocenters. The Morgan fingerprint density at radius 3 is 2.65 bits per heavy atom. The molecule has 2 rings (SSSR count). The second kappa shape index (κ2) is 6.47. The summed E-state index contributed by atoms with van der Waals surface area (Å²) in [5.41, 5.74) is 0.529. The number of hydrogen-bond acceptors (Lipinski definition) is 6. The fourth-order valence-electron chi connectivity index (χ4n) is 1.42. The second-order valence-corrected chi connectivity index (χ2v) is 4.56. The molecule has 0 saturated heterocycles. The molecule has 1 aromatic heterocycles. The van der Waals surface area contributed by atoms with Crippen molar-refractivity contribution in [1.29, 1.82) is 0 Å². The van der Waals surface area contributed by atoms with Crippen LogP contribution in [0.1, 0.15) is 6.92 Å². The fraction of sp³-hybridized carbons (Fsp3) is 0.250. The maximum Gasteiger partial charge on any atom is 0.323 e. The third-order valence-corrected chi connectivity index (χ3v) is 2.93. The van der Waals surface area contributed by atoms with E-state index in [1.165, 1.54) is 6.07 Å². The molecule has 0 aliphatic rings. The Labute approximate surface area is 123 Å². The van der Waals surface area contributed by atoms with E-state index in [0.29, 0.717) is 22.7 Å². The number of nitrogens with one attached hydrogen (secondary N) is 2. The highest BCUT2D eigenvalue weighted by Gasteiger charge is 2.08. The summed E-state index contributed by atoms with van der Waals surface area (Å²) in [7, 11) is 1.69. The molecule has 0 aliphatic carbocycles. The Morgan fingerprint density at radius 2 is 2.00 bits per heavy atom. The molecule has 20 heavy (non-hydrogen) atoms. The Bertz CT molecular complexity index is 610. The summed E-state index contributed by atoms with van der Waals surface area (Å²) in [5, 5.41) is 5.71. The topological polar surface area (TPSA) is 72.0 Å². The monoisotopic (exact) mass is 341 g/mol. The first-order chi connectivity index (χ1) is 9.62. The van der Waals surface area contributed by atoms with Gasteiger partial charge in [-0.1, -0.05) is 0 Å². The maximum atomic E-state index is 13.5. The number of hydrogen-bond donors (Lipinski definition) is 2. The molecule has 2 aromatic rings. The predicted molar refractivity (Wildman–Crippen MR) is 77.9 cm³/mol. The van der Waals surface area contributed by atoms with Gasteiger partial charge in [-0.25, -0.2) is 4.39 Å². The van der Waals surface area contributed by atoms with Gasteiger partial charge < -0.3 is 15.4 Å². The molecule has 0 radical (unpaired) electrons. The van der Waals surface area contributed by atoms with Crippen LogP contribution in [-0.4, -0.2) is 28.6 Å². The zero-order valence-electron chi connectivity index (χ0n) is 10.9. The third-order valence-electron chi connectivity index (χ3n) is 2.29. The number of ether oxygens (including phenoxy) is 1. The lowest BCUT2D eigenvalue weighted by Gasteiger charge is -2.09. The van der Waals surface area contributed by atoms with Crippen molar-refractivity contribution in [3.8, 4) is 6.01 Å². The van der Waals surface area contributed by atoms with E-state index in [9.17, 15) is 4.39 Å². The summed E-state index contributed by atoms with van der Waals surface area (Å²) in [6.07, 6.45) is 0. The van der Waals surface area contributed by atoms with E-state index < -0.39 is 0 Å². The van der Waals surface area contributed by atoms with Crippen LogP contribution in [0.5, 0.6) is 6.01 Å². The van der Waals surface area contributed by atoms with Gasteiger partial charge in [0.1, 0.15) is 5.82 Å². The number of benzene rings is 1. The van der Waals surface area contributed by atoms with Crippen molar-refractivity contribution in [2.75, 3.05) is 24.3 Å². The SMILES string of the molecule is CCOc1nc(NC)nc(Nc2ccc(Br)c(F)c2)n1. The fourth-order valence-corrected chi connectivity index (χ4v) is 1.67. The molecule has 8 heteroatoms. The third kappa shape index (κ3) is 3.53. The van der Waals surface area contributed by atoms with E-state index in [-0.39, 0.29) is 17.8 Å². The average Bonchev–Trinajstić information content (AvgIpc) is 2.43. The van der Waals surface area contributed by atoms with Crippen LogP contribution in [0.25, 0.3) is 0 Å². The van der Waals surface area contributed by atoms with Crippen molar-refractivity contribution in [3.05, 3.63) is 28.5 Å². The van der Waals surface area contributed by atoms with Gasteiger partial charge in [0.05, 0.1) is 11.1 Å². The maximum absolute atomic E-state index is 13.5. The van der Waals surface area contributed by atoms with Crippen molar-refractivity contribution in [2.24, 2.45) is 0 Å². The van der Waals surface area contributed by atoms with Gasteiger partial charge in [-0.05, 0) is 41.1 Å². The summed E-state index contributed by atoms with van der Waals surface area (Å²) in [5.74, 6) is 0.265. The smallest absolute Gasteiger partial charge is 0.323 e. The molecule has 1 heterocycles. The summed E-state index contributed by atoms with van der Waals surface area (Å²) in [6, 6.07) is 4.84. The second-order valence-electron chi connectivity index (χ2n) is 3.70. The molecular weight excluding hydrogens is 329 g/mol. The van der Waals surface area contributed by atoms with Crippen LogP contribution in [0.2, 0.25) is 0 Å². The molecule has 0 bridgehead atoms. The van der Waals surface area contributed by atoms with E-state index in [2.05, 4.69) is 41.5 Å². The zero-order chi connectivity index (χ0) is 14.5. The minimum atomic E-state index is -0.372. The Balaban J connectivity index is 2.27. The lowest BCUT2D eigenvalue weighted by molar-refractivity contribution is 0.312. The molecule has 6 nitrogen and oxygen atoms in total.